The summed E-state index contributed by atoms with van der Waals surface area (Å²) < 4.78 is 0. The van der Waals surface area contributed by atoms with Gasteiger partial charge in [0.1, 0.15) is 0 Å². The zero-order valence-electron chi connectivity index (χ0n) is 11.7. The van der Waals surface area contributed by atoms with E-state index in [9.17, 15) is 0 Å². The van der Waals surface area contributed by atoms with E-state index in [1.54, 1.807) is 11.8 Å². The highest BCUT2D eigenvalue weighted by atomic mass is 35.5. The van der Waals surface area contributed by atoms with Gasteiger partial charge < -0.3 is 0 Å². The van der Waals surface area contributed by atoms with E-state index in [0.29, 0.717) is 0 Å². The van der Waals surface area contributed by atoms with Crippen molar-refractivity contribution in [1.29, 1.82) is 0 Å². The lowest BCUT2D eigenvalue weighted by molar-refractivity contribution is 0.610. The fourth-order valence-electron chi connectivity index (χ4n) is 1.96. The number of nitrogens with two attached hydrogens (primary N) is 1. The molecule has 0 aliphatic rings. The molecule has 1 unspecified atom stereocenters. The normalized spacial score (nSPS) is 12.4. The van der Waals surface area contributed by atoms with Gasteiger partial charge in [0.2, 0.25) is 0 Å². The van der Waals surface area contributed by atoms with Crippen molar-refractivity contribution in [3.05, 3.63) is 64.2 Å². The lowest BCUT2D eigenvalue weighted by Crippen LogP contribution is -2.29. The van der Waals surface area contributed by atoms with Gasteiger partial charge in [0.05, 0.1) is 6.04 Å². The van der Waals surface area contributed by atoms with Crippen molar-refractivity contribution in [3.63, 3.8) is 0 Å². The average molecular weight is 307 g/mol. The van der Waals surface area contributed by atoms with Gasteiger partial charge in [-0.3, -0.25) is 11.3 Å². The Kier molecular flexibility index (Phi) is 5.49. The Balaban J connectivity index is 2.07. The molecule has 0 heterocycles. The van der Waals surface area contributed by atoms with Crippen LogP contribution in [0.4, 0.5) is 0 Å². The number of aryl methyl sites for hydroxylation is 2. The summed E-state index contributed by atoms with van der Waals surface area (Å²) >= 11 is 7.74. The Hall–Kier alpha value is -1.00. The molecule has 0 fully saturated rings. The molecule has 4 heteroatoms. The smallest absolute Gasteiger partial charge is 0.0554 e. The summed E-state index contributed by atoms with van der Waals surface area (Å²) in [7, 11) is 0. The summed E-state index contributed by atoms with van der Waals surface area (Å²) in [6.45, 7) is 4.24. The molecule has 0 bridgehead atoms. The average Bonchev–Trinajstić information content (AvgIpc) is 2.43. The van der Waals surface area contributed by atoms with E-state index in [0.717, 1.165) is 15.7 Å². The molecule has 2 nitrogen and oxygen atoms in total. The van der Waals surface area contributed by atoms with E-state index < -0.39 is 0 Å². The second kappa shape index (κ2) is 7.14. The van der Waals surface area contributed by atoms with Gasteiger partial charge >= 0.3 is 0 Å². The molecular formula is C16H19ClN2S. The number of hydrogen-bond acceptors (Lipinski definition) is 3. The molecule has 2 rings (SSSR count). The van der Waals surface area contributed by atoms with E-state index in [4.69, 9.17) is 17.4 Å². The maximum Gasteiger partial charge on any atom is 0.0554 e. The first-order valence-electron chi connectivity index (χ1n) is 6.52. The number of halogens is 1. The third kappa shape index (κ3) is 4.00. The van der Waals surface area contributed by atoms with Gasteiger partial charge in [-0.25, -0.2) is 0 Å². The quantitative estimate of drug-likeness (QED) is 0.492. The van der Waals surface area contributed by atoms with Crippen LogP contribution >= 0.6 is 23.4 Å². The van der Waals surface area contributed by atoms with Crippen LogP contribution in [0.15, 0.2) is 47.4 Å². The largest absolute Gasteiger partial charge is 0.271 e. The summed E-state index contributed by atoms with van der Waals surface area (Å²) in [4.78, 5) is 1.15. The molecular weight excluding hydrogens is 288 g/mol. The van der Waals surface area contributed by atoms with Crippen molar-refractivity contribution in [3.8, 4) is 0 Å². The first-order valence-corrected chi connectivity index (χ1v) is 7.88. The third-order valence-electron chi connectivity index (χ3n) is 3.35. The van der Waals surface area contributed by atoms with E-state index in [1.807, 2.05) is 18.2 Å². The van der Waals surface area contributed by atoms with Gasteiger partial charge in [0.25, 0.3) is 0 Å². The zero-order valence-corrected chi connectivity index (χ0v) is 13.3. The lowest BCUT2D eigenvalue weighted by atomic mass is 10.0. The molecule has 106 valence electrons. The highest BCUT2D eigenvalue weighted by Gasteiger charge is 2.11. The predicted molar refractivity (Wildman–Crippen MR) is 88.2 cm³/mol. The Labute approximate surface area is 129 Å². The highest BCUT2D eigenvalue weighted by molar-refractivity contribution is 7.99. The Morgan fingerprint density at radius 1 is 1.15 bits per heavy atom. The minimum Gasteiger partial charge on any atom is -0.271 e. The first kappa shape index (κ1) is 15.4. The van der Waals surface area contributed by atoms with Crippen molar-refractivity contribution in [1.82, 2.24) is 5.43 Å². The minimum atomic E-state index is 0.123. The summed E-state index contributed by atoms with van der Waals surface area (Å²) in [5.74, 6) is 6.56. The monoisotopic (exact) mass is 306 g/mol. The topological polar surface area (TPSA) is 38.0 Å². The van der Waals surface area contributed by atoms with Gasteiger partial charge in [-0.05, 0) is 48.7 Å². The highest BCUT2D eigenvalue weighted by Crippen LogP contribution is 2.27. The summed E-state index contributed by atoms with van der Waals surface area (Å²) in [6, 6.07) is 14.5. The van der Waals surface area contributed by atoms with Crippen LogP contribution in [0.2, 0.25) is 5.02 Å². The number of benzene rings is 2. The lowest BCUT2D eigenvalue weighted by Gasteiger charge is -2.17. The molecule has 0 aliphatic heterocycles. The van der Waals surface area contributed by atoms with Gasteiger partial charge in [-0.15, -0.1) is 11.8 Å². The molecule has 0 radical (unpaired) electrons. The summed E-state index contributed by atoms with van der Waals surface area (Å²) in [5, 5.41) is 0.762. The van der Waals surface area contributed by atoms with E-state index in [-0.39, 0.29) is 6.04 Å². The Morgan fingerprint density at radius 3 is 2.60 bits per heavy atom. The molecule has 0 saturated carbocycles. The number of hydrogen-bond donors (Lipinski definition) is 2. The number of rotatable bonds is 5. The molecule has 2 aromatic rings. The molecule has 3 N–H and O–H groups in total. The zero-order chi connectivity index (χ0) is 14.5. The molecule has 1 atom stereocenters. The summed E-state index contributed by atoms with van der Waals surface area (Å²) in [6.07, 6.45) is 0. The summed E-state index contributed by atoms with van der Waals surface area (Å²) in [5.41, 5.74) is 6.69. The van der Waals surface area contributed by atoms with Gasteiger partial charge in [-0.2, -0.15) is 0 Å². The molecule has 0 amide bonds. The van der Waals surface area contributed by atoms with Crippen LogP contribution in [0.3, 0.4) is 0 Å². The van der Waals surface area contributed by atoms with Crippen molar-refractivity contribution in [2.45, 2.75) is 24.8 Å². The molecule has 0 spiro atoms. The molecule has 20 heavy (non-hydrogen) atoms. The standard InChI is InChI=1S/C16H19ClN2S/c1-11-6-7-13(8-12(11)2)16(19-18)10-20-15-5-3-4-14(17)9-15/h3-9,16,19H,10,18H2,1-2H3. The first-order chi connectivity index (χ1) is 9.60. The molecule has 0 saturated heterocycles. The van der Waals surface area contributed by atoms with Crippen LogP contribution in [0.5, 0.6) is 0 Å². The Bertz CT molecular complexity index is 586. The van der Waals surface area contributed by atoms with Crippen LogP contribution in [0, 0.1) is 13.8 Å². The Morgan fingerprint density at radius 2 is 1.95 bits per heavy atom. The van der Waals surface area contributed by atoms with Gasteiger partial charge in [0, 0.05) is 15.7 Å². The van der Waals surface area contributed by atoms with Crippen molar-refractivity contribution >= 4 is 23.4 Å². The second-order valence-corrected chi connectivity index (χ2v) is 6.36. The minimum absolute atomic E-state index is 0.123. The number of nitrogens with one attached hydrogen (secondary N) is 1. The van der Waals surface area contributed by atoms with Crippen molar-refractivity contribution < 1.29 is 0 Å². The molecule has 0 aliphatic carbocycles. The fraction of sp³-hybridized carbons (Fsp3) is 0.250. The van der Waals surface area contributed by atoms with Crippen molar-refractivity contribution in [2.75, 3.05) is 5.75 Å². The van der Waals surface area contributed by atoms with Crippen LogP contribution < -0.4 is 11.3 Å². The van der Waals surface area contributed by atoms with Gasteiger partial charge in [-0.1, -0.05) is 35.9 Å². The predicted octanol–water partition coefficient (Wildman–Crippen LogP) is 4.25. The number of hydrazine groups is 1. The second-order valence-electron chi connectivity index (χ2n) is 4.83. The van der Waals surface area contributed by atoms with E-state index in [2.05, 4.69) is 43.5 Å². The van der Waals surface area contributed by atoms with Crippen molar-refractivity contribution in [2.24, 2.45) is 5.84 Å². The van der Waals surface area contributed by atoms with E-state index >= 15 is 0 Å². The molecule has 2 aromatic carbocycles. The van der Waals surface area contributed by atoms with Crippen LogP contribution in [-0.2, 0) is 0 Å². The van der Waals surface area contributed by atoms with Gasteiger partial charge in [0.15, 0.2) is 0 Å². The maximum atomic E-state index is 6.00. The van der Waals surface area contributed by atoms with E-state index in [1.165, 1.54) is 16.7 Å². The third-order valence-corrected chi connectivity index (χ3v) is 4.67. The van der Waals surface area contributed by atoms with Crippen LogP contribution in [0.1, 0.15) is 22.7 Å². The molecule has 0 aromatic heterocycles. The van der Waals surface area contributed by atoms with Crippen LogP contribution in [0.25, 0.3) is 0 Å². The fourth-order valence-corrected chi connectivity index (χ4v) is 3.25. The van der Waals surface area contributed by atoms with Crippen LogP contribution in [-0.4, -0.2) is 5.75 Å². The SMILES string of the molecule is Cc1ccc(C(CSc2cccc(Cl)c2)NN)cc1C. The number of thioether (sulfide) groups is 1. The maximum absolute atomic E-state index is 6.00.